The highest BCUT2D eigenvalue weighted by Gasteiger charge is 2.17. The number of carbonyl (C=O) groups is 1. The number of rotatable bonds is 5. The van der Waals surface area contributed by atoms with Crippen LogP contribution < -0.4 is 5.32 Å². The van der Waals surface area contributed by atoms with Crippen molar-refractivity contribution in [2.75, 3.05) is 0 Å². The molecule has 2 unspecified atom stereocenters. The highest BCUT2D eigenvalue weighted by molar-refractivity contribution is 5.94. The zero-order valence-corrected chi connectivity index (χ0v) is 10.9. The maximum Gasteiger partial charge on any atom is 0.253 e. The number of nitrogens with zero attached hydrogens (tertiary/aromatic N) is 1. The van der Waals surface area contributed by atoms with Crippen LogP contribution in [0.15, 0.2) is 41.3 Å². The maximum absolute atomic E-state index is 13.0. The average molecular weight is 278 g/mol. The SMILES string of the molecule is CC(CC(O)c1ccco1)NC(=O)c1cncc(F)c1. The third kappa shape index (κ3) is 3.64. The summed E-state index contributed by atoms with van der Waals surface area (Å²) in [7, 11) is 0. The average Bonchev–Trinajstić information content (AvgIpc) is 2.92. The fraction of sp³-hybridized carbons (Fsp3) is 0.286. The Morgan fingerprint density at radius 3 is 3.00 bits per heavy atom. The molecule has 20 heavy (non-hydrogen) atoms. The Kier molecular flexibility index (Phi) is 4.47. The van der Waals surface area contributed by atoms with Crippen molar-refractivity contribution in [3.05, 3.63) is 54.0 Å². The standard InChI is InChI=1S/C14H15FN2O3/c1-9(5-12(18)13-3-2-4-20-13)17-14(19)10-6-11(15)8-16-7-10/h2-4,6-9,12,18H,5H2,1H3,(H,17,19). The minimum atomic E-state index is -0.800. The van der Waals surface area contributed by atoms with Crippen LogP contribution >= 0.6 is 0 Å². The number of hydrogen-bond donors (Lipinski definition) is 2. The van der Waals surface area contributed by atoms with Gasteiger partial charge in [-0.05, 0) is 25.1 Å². The predicted octanol–water partition coefficient (Wildman–Crippen LogP) is 2.06. The summed E-state index contributed by atoms with van der Waals surface area (Å²) in [6.07, 6.45) is 3.28. The molecule has 0 spiro atoms. The van der Waals surface area contributed by atoms with Crippen LogP contribution in [-0.2, 0) is 0 Å². The Balaban J connectivity index is 1.91. The molecule has 1 amide bonds. The molecule has 2 aromatic heterocycles. The van der Waals surface area contributed by atoms with Crippen molar-refractivity contribution < 1.29 is 18.7 Å². The second-order valence-electron chi connectivity index (χ2n) is 4.53. The molecule has 2 heterocycles. The summed E-state index contributed by atoms with van der Waals surface area (Å²) in [5, 5.41) is 12.6. The molecule has 106 valence electrons. The predicted molar refractivity (Wildman–Crippen MR) is 69.4 cm³/mol. The quantitative estimate of drug-likeness (QED) is 0.877. The summed E-state index contributed by atoms with van der Waals surface area (Å²) in [6.45, 7) is 1.75. The highest BCUT2D eigenvalue weighted by Crippen LogP contribution is 2.18. The molecule has 6 heteroatoms. The van der Waals surface area contributed by atoms with Gasteiger partial charge in [-0.15, -0.1) is 0 Å². The Morgan fingerprint density at radius 2 is 2.35 bits per heavy atom. The lowest BCUT2D eigenvalue weighted by atomic mass is 10.1. The van der Waals surface area contributed by atoms with Crippen LogP contribution in [0.1, 0.15) is 35.6 Å². The Hall–Kier alpha value is -2.21. The van der Waals surface area contributed by atoms with Gasteiger partial charge in [0.2, 0.25) is 0 Å². The molecule has 0 aliphatic heterocycles. The molecule has 5 nitrogen and oxygen atoms in total. The molecule has 0 fully saturated rings. The number of aliphatic hydroxyl groups excluding tert-OH is 1. The monoisotopic (exact) mass is 278 g/mol. The number of furan rings is 1. The minimum absolute atomic E-state index is 0.143. The van der Waals surface area contributed by atoms with Crippen molar-refractivity contribution >= 4 is 5.91 Å². The normalized spacial score (nSPS) is 13.8. The van der Waals surface area contributed by atoms with Crippen molar-refractivity contribution in [3.8, 4) is 0 Å². The summed E-state index contributed by atoms with van der Waals surface area (Å²) in [6, 6.07) is 4.15. The number of aliphatic hydroxyl groups is 1. The molecule has 0 bridgehead atoms. The molecule has 0 aliphatic rings. The molecule has 0 radical (unpaired) electrons. The van der Waals surface area contributed by atoms with Crippen LogP contribution in [-0.4, -0.2) is 22.0 Å². The Labute approximate surface area is 115 Å². The van der Waals surface area contributed by atoms with Crippen LogP contribution in [0.3, 0.4) is 0 Å². The lowest BCUT2D eigenvalue weighted by Crippen LogP contribution is -2.33. The Bertz CT molecular complexity index is 572. The molecule has 0 aromatic carbocycles. The van der Waals surface area contributed by atoms with E-state index in [9.17, 15) is 14.3 Å². The van der Waals surface area contributed by atoms with Crippen LogP contribution in [0.4, 0.5) is 4.39 Å². The smallest absolute Gasteiger partial charge is 0.253 e. The lowest BCUT2D eigenvalue weighted by Gasteiger charge is -2.16. The number of hydrogen-bond acceptors (Lipinski definition) is 4. The summed E-state index contributed by atoms with van der Waals surface area (Å²) in [4.78, 5) is 15.5. The third-order valence-corrected chi connectivity index (χ3v) is 2.79. The number of halogens is 1. The van der Waals surface area contributed by atoms with Crippen molar-refractivity contribution in [2.45, 2.75) is 25.5 Å². The van der Waals surface area contributed by atoms with Crippen LogP contribution in [0.2, 0.25) is 0 Å². The number of nitrogens with one attached hydrogen (secondary N) is 1. The Morgan fingerprint density at radius 1 is 1.55 bits per heavy atom. The van der Waals surface area contributed by atoms with Gasteiger partial charge < -0.3 is 14.8 Å². The van der Waals surface area contributed by atoms with Crippen LogP contribution in [0.25, 0.3) is 0 Å². The summed E-state index contributed by atoms with van der Waals surface area (Å²) in [5.74, 6) is -0.560. The van der Waals surface area contributed by atoms with E-state index in [1.54, 1.807) is 19.1 Å². The first-order valence-electron chi connectivity index (χ1n) is 6.19. The van der Waals surface area contributed by atoms with E-state index >= 15 is 0 Å². The lowest BCUT2D eigenvalue weighted by molar-refractivity contribution is 0.0902. The van der Waals surface area contributed by atoms with Gasteiger partial charge in [-0.3, -0.25) is 9.78 Å². The number of carbonyl (C=O) groups excluding carboxylic acids is 1. The highest BCUT2D eigenvalue weighted by atomic mass is 19.1. The van der Waals surface area contributed by atoms with Gasteiger partial charge in [0, 0.05) is 18.7 Å². The van der Waals surface area contributed by atoms with E-state index < -0.39 is 17.8 Å². The van der Waals surface area contributed by atoms with E-state index in [0.717, 1.165) is 12.3 Å². The molecule has 2 N–H and O–H groups in total. The van der Waals surface area contributed by atoms with E-state index in [1.165, 1.54) is 12.5 Å². The van der Waals surface area contributed by atoms with Crippen molar-refractivity contribution in [2.24, 2.45) is 0 Å². The second-order valence-corrected chi connectivity index (χ2v) is 4.53. The first kappa shape index (κ1) is 14.2. The zero-order chi connectivity index (χ0) is 14.5. The third-order valence-electron chi connectivity index (χ3n) is 2.79. The first-order valence-corrected chi connectivity index (χ1v) is 6.19. The summed E-state index contributed by atoms with van der Waals surface area (Å²) >= 11 is 0. The molecule has 2 aromatic rings. The van der Waals surface area contributed by atoms with Gasteiger partial charge >= 0.3 is 0 Å². The fourth-order valence-electron chi connectivity index (χ4n) is 1.83. The molecule has 2 rings (SSSR count). The molecule has 0 aliphatic carbocycles. The summed E-state index contributed by atoms with van der Waals surface area (Å²) < 4.78 is 18.0. The zero-order valence-electron chi connectivity index (χ0n) is 10.9. The topological polar surface area (TPSA) is 75.4 Å². The van der Waals surface area contributed by atoms with E-state index in [-0.39, 0.29) is 11.6 Å². The molecular weight excluding hydrogens is 263 g/mol. The van der Waals surface area contributed by atoms with Gasteiger partial charge in [-0.1, -0.05) is 0 Å². The largest absolute Gasteiger partial charge is 0.467 e. The van der Waals surface area contributed by atoms with E-state index in [1.807, 2.05) is 0 Å². The molecule has 0 saturated carbocycles. The van der Waals surface area contributed by atoms with Gasteiger partial charge in [0.25, 0.3) is 5.91 Å². The summed E-state index contributed by atoms with van der Waals surface area (Å²) in [5.41, 5.74) is 0.143. The number of aromatic nitrogens is 1. The van der Waals surface area contributed by atoms with Crippen LogP contribution in [0.5, 0.6) is 0 Å². The first-order chi connectivity index (χ1) is 9.56. The minimum Gasteiger partial charge on any atom is -0.467 e. The van der Waals surface area contributed by atoms with Crippen LogP contribution in [0, 0.1) is 5.82 Å². The number of pyridine rings is 1. The molecular formula is C14H15FN2O3. The van der Waals surface area contributed by atoms with Gasteiger partial charge in [-0.25, -0.2) is 4.39 Å². The number of amides is 1. The van der Waals surface area contributed by atoms with Crippen molar-refractivity contribution in [3.63, 3.8) is 0 Å². The van der Waals surface area contributed by atoms with E-state index in [2.05, 4.69) is 10.3 Å². The second kappa shape index (κ2) is 6.29. The molecule has 2 atom stereocenters. The van der Waals surface area contributed by atoms with E-state index in [0.29, 0.717) is 12.2 Å². The molecule has 0 saturated heterocycles. The van der Waals surface area contributed by atoms with Gasteiger partial charge in [0.1, 0.15) is 17.7 Å². The fourth-order valence-corrected chi connectivity index (χ4v) is 1.83. The van der Waals surface area contributed by atoms with Crippen molar-refractivity contribution in [1.29, 1.82) is 0 Å². The van der Waals surface area contributed by atoms with E-state index in [4.69, 9.17) is 4.42 Å². The van der Waals surface area contributed by atoms with Gasteiger partial charge in [0.15, 0.2) is 0 Å². The van der Waals surface area contributed by atoms with Gasteiger partial charge in [0.05, 0.1) is 18.0 Å². The maximum atomic E-state index is 13.0. The van der Waals surface area contributed by atoms with Gasteiger partial charge in [-0.2, -0.15) is 0 Å². The van der Waals surface area contributed by atoms with Crippen molar-refractivity contribution in [1.82, 2.24) is 10.3 Å².